The lowest BCUT2D eigenvalue weighted by Crippen LogP contribution is -2.46. The molecule has 1 saturated carbocycles. The number of carbonyl (C=O) groups is 2. The number of alkyl carbamates (subject to hydrolysis) is 1. The number of anilines is 1. The number of amides is 2. The molecule has 0 atom stereocenters. The molecule has 12 heteroatoms. The highest BCUT2D eigenvalue weighted by Crippen LogP contribution is 2.46. The van der Waals surface area contributed by atoms with Crippen LogP contribution in [0.15, 0.2) is 23.8 Å². The first-order valence-corrected chi connectivity index (χ1v) is 12.9. The van der Waals surface area contributed by atoms with Crippen LogP contribution in [0.3, 0.4) is 0 Å². The molecular formula is C24H31N7O4S. The maximum Gasteiger partial charge on any atom is 0.407 e. The van der Waals surface area contributed by atoms with Crippen molar-refractivity contribution in [1.82, 2.24) is 29.8 Å². The topological polar surface area (TPSA) is 114 Å². The Morgan fingerprint density at radius 1 is 1.25 bits per heavy atom. The van der Waals surface area contributed by atoms with E-state index in [0.717, 1.165) is 29.8 Å². The molecule has 1 saturated heterocycles. The molecule has 2 amide bonds. The fraction of sp³-hybridized carbons (Fsp3) is 0.542. The van der Waals surface area contributed by atoms with Crippen LogP contribution in [-0.2, 0) is 9.47 Å². The van der Waals surface area contributed by atoms with Gasteiger partial charge >= 0.3 is 6.09 Å². The third-order valence-electron chi connectivity index (χ3n) is 6.96. The summed E-state index contributed by atoms with van der Waals surface area (Å²) >= 11 is 1.56. The van der Waals surface area contributed by atoms with Crippen molar-refractivity contribution >= 4 is 34.0 Å². The molecule has 5 rings (SSSR count). The summed E-state index contributed by atoms with van der Waals surface area (Å²) in [5, 5.41) is 9.19. The molecule has 3 aromatic heterocycles. The highest BCUT2D eigenvalue weighted by atomic mass is 32.1. The summed E-state index contributed by atoms with van der Waals surface area (Å²) in [5.41, 5.74) is 1.29. The average Bonchev–Trinajstić information content (AvgIpc) is 3.28. The SMILES string of the molecule is COCC1(CN(C)c2cc(C(=O)N3CCC(NC(=O)OC)CC3)nc(-c3cnn4ccsc34)n2)CC1. The Hall–Kier alpha value is -3.25. The summed E-state index contributed by atoms with van der Waals surface area (Å²) in [4.78, 5) is 39.5. The van der Waals surface area contributed by atoms with Crippen LogP contribution in [0.5, 0.6) is 0 Å². The number of hydrogen-bond donors (Lipinski definition) is 1. The van der Waals surface area contributed by atoms with Crippen LogP contribution in [0.4, 0.5) is 10.6 Å². The zero-order valence-corrected chi connectivity index (χ0v) is 21.6. The van der Waals surface area contributed by atoms with Gasteiger partial charge in [-0.25, -0.2) is 19.3 Å². The van der Waals surface area contributed by atoms with Crippen molar-refractivity contribution in [2.45, 2.75) is 31.7 Å². The fourth-order valence-electron chi connectivity index (χ4n) is 4.77. The molecule has 0 unspecified atom stereocenters. The van der Waals surface area contributed by atoms with Gasteiger partial charge in [0.1, 0.15) is 16.3 Å². The fourth-order valence-corrected chi connectivity index (χ4v) is 5.56. The summed E-state index contributed by atoms with van der Waals surface area (Å²) in [5.74, 6) is 1.04. The summed E-state index contributed by atoms with van der Waals surface area (Å²) < 4.78 is 11.9. The number of thiazole rings is 1. The number of piperidine rings is 1. The molecule has 2 fully saturated rings. The Labute approximate surface area is 213 Å². The minimum Gasteiger partial charge on any atom is -0.453 e. The molecule has 4 heterocycles. The van der Waals surface area contributed by atoms with E-state index in [9.17, 15) is 9.59 Å². The monoisotopic (exact) mass is 513 g/mol. The number of fused-ring (bicyclic) bond motifs is 1. The molecule has 0 spiro atoms. The van der Waals surface area contributed by atoms with E-state index in [-0.39, 0.29) is 17.4 Å². The predicted molar refractivity (Wildman–Crippen MR) is 135 cm³/mol. The van der Waals surface area contributed by atoms with Crippen molar-refractivity contribution in [3.63, 3.8) is 0 Å². The van der Waals surface area contributed by atoms with Crippen molar-refractivity contribution in [1.29, 1.82) is 0 Å². The number of methoxy groups -OCH3 is 2. The lowest BCUT2D eigenvalue weighted by atomic mass is 10.0. The molecule has 0 radical (unpaired) electrons. The molecule has 0 bridgehead atoms. The molecule has 11 nitrogen and oxygen atoms in total. The Kier molecular flexibility index (Phi) is 6.80. The number of rotatable bonds is 8. The molecule has 1 N–H and O–H groups in total. The second-order valence-electron chi connectivity index (χ2n) is 9.64. The zero-order chi connectivity index (χ0) is 25.3. The first kappa shape index (κ1) is 24.4. The van der Waals surface area contributed by atoms with Crippen LogP contribution >= 0.6 is 11.3 Å². The van der Waals surface area contributed by atoms with Crippen molar-refractivity contribution in [3.05, 3.63) is 29.5 Å². The van der Waals surface area contributed by atoms with Crippen molar-refractivity contribution < 1.29 is 19.1 Å². The van der Waals surface area contributed by atoms with Gasteiger partial charge in [0.15, 0.2) is 5.82 Å². The maximum absolute atomic E-state index is 13.6. The second kappa shape index (κ2) is 10.0. The van der Waals surface area contributed by atoms with Gasteiger partial charge in [-0.05, 0) is 25.7 Å². The third kappa shape index (κ3) is 5.00. The van der Waals surface area contributed by atoms with E-state index in [1.54, 1.807) is 40.1 Å². The summed E-state index contributed by atoms with van der Waals surface area (Å²) in [6.07, 6.45) is 6.73. The van der Waals surface area contributed by atoms with Gasteiger partial charge in [-0.1, -0.05) is 0 Å². The maximum atomic E-state index is 13.6. The van der Waals surface area contributed by atoms with Gasteiger partial charge in [-0.3, -0.25) is 4.79 Å². The smallest absolute Gasteiger partial charge is 0.407 e. The minimum absolute atomic E-state index is 0.0146. The normalized spacial score (nSPS) is 17.2. The minimum atomic E-state index is -0.448. The van der Waals surface area contributed by atoms with E-state index in [4.69, 9.17) is 19.4 Å². The van der Waals surface area contributed by atoms with E-state index >= 15 is 0 Å². The Morgan fingerprint density at radius 3 is 2.72 bits per heavy atom. The quantitative estimate of drug-likeness (QED) is 0.489. The number of ether oxygens (including phenoxy) is 2. The third-order valence-corrected chi connectivity index (χ3v) is 7.85. The van der Waals surface area contributed by atoms with Gasteiger partial charge in [0, 0.05) is 62.9 Å². The number of carbonyl (C=O) groups excluding carboxylic acids is 2. The number of nitrogens with zero attached hydrogens (tertiary/aromatic N) is 6. The van der Waals surface area contributed by atoms with Crippen molar-refractivity contribution in [3.8, 4) is 11.4 Å². The standard InChI is InChI=1S/C24H31N7O4S/c1-29(14-24(6-7-24)15-34-2)19-12-18(21(32)30-8-4-16(5-9-30)26-23(33)35-3)27-20(28-19)17-13-25-31-10-11-36-22(17)31/h10-13,16H,4-9,14-15H2,1-3H3,(H,26,33). The van der Waals surface area contributed by atoms with Crippen LogP contribution in [-0.4, -0.2) is 90.0 Å². The van der Waals surface area contributed by atoms with Crippen LogP contribution < -0.4 is 10.2 Å². The van der Waals surface area contributed by atoms with Gasteiger partial charge in [0.2, 0.25) is 0 Å². The average molecular weight is 514 g/mol. The molecular weight excluding hydrogens is 482 g/mol. The lowest BCUT2D eigenvalue weighted by molar-refractivity contribution is 0.0698. The Bertz CT molecular complexity index is 1250. The van der Waals surface area contributed by atoms with Crippen molar-refractivity contribution in [2.75, 3.05) is 52.4 Å². The molecule has 3 aromatic rings. The summed E-state index contributed by atoms with van der Waals surface area (Å²) in [6.45, 7) is 2.54. The zero-order valence-electron chi connectivity index (χ0n) is 20.8. The first-order chi connectivity index (χ1) is 17.4. The number of likely N-dealkylation sites (tertiary alicyclic amines) is 1. The highest BCUT2D eigenvalue weighted by molar-refractivity contribution is 7.16. The first-order valence-electron chi connectivity index (χ1n) is 12.1. The second-order valence-corrected chi connectivity index (χ2v) is 10.5. The summed E-state index contributed by atoms with van der Waals surface area (Å²) in [6, 6.07) is 1.77. The number of aromatic nitrogens is 4. The number of hydrogen-bond acceptors (Lipinski definition) is 9. The lowest BCUT2D eigenvalue weighted by Gasteiger charge is -2.32. The van der Waals surface area contributed by atoms with E-state index in [1.807, 2.05) is 18.6 Å². The molecule has 1 aliphatic heterocycles. The molecule has 1 aliphatic carbocycles. The van der Waals surface area contributed by atoms with Gasteiger partial charge < -0.3 is 24.6 Å². The van der Waals surface area contributed by atoms with Gasteiger partial charge in [0.25, 0.3) is 5.91 Å². The highest BCUT2D eigenvalue weighted by Gasteiger charge is 2.43. The van der Waals surface area contributed by atoms with Crippen LogP contribution in [0.25, 0.3) is 16.2 Å². The van der Waals surface area contributed by atoms with Gasteiger partial charge in [0.05, 0.1) is 25.5 Å². The predicted octanol–water partition coefficient (Wildman–Crippen LogP) is 2.68. The largest absolute Gasteiger partial charge is 0.453 e. The Morgan fingerprint density at radius 2 is 2.03 bits per heavy atom. The van der Waals surface area contributed by atoms with Crippen LogP contribution in [0, 0.1) is 5.41 Å². The van der Waals surface area contributed by atoms with E-state index in [2.05, 4.69) is 15.3 Å². The van der Waals surface area contributed by atoms with E-state index in [1.165, 1.54) is 7.11 Å². The van der Waals surface area contributed by atoms with Crippen molar-refractivity contribution in [2.24, 2.45) is 5.41 Å². The van der Waals surface area contributed by atoms with E-state index < -0.39 is 6.09 Å². The molecule has 192 valence electrons. The molecule has 36 heavy (non-hydrogen) atoms. The Balaban J connectivity index is 1.41. The summed E-state index contributed by atoms with van der Waals surface area (Å²) in [7, 11) is 5.08. The van der Waals surface area contributed by atoms with Crippen LogP contribution in [0.1, 0.15) is 36.2 Å². The van der Waals surface area contributed by atoms with Gasteiger partial charge in [-0.2, -0.15) is 5.10 Å². The van der Waals surface area contributed by atoms with E-state index in [0.29, 0.717) is 49.9 Å². The van der Waals surface area contributed by atoms with Gasteiger partial charge in [-0.15, -0.1) is 11.3 Å². The van der Waals surface area contributed by atoms with Crippen LogP contribution in [0.2, 0.25) is 0 Å². The molecule has 0 aromatic carbocycles. The molecule has 2 aliphatic rings. The number of nitrogens with one attached hydrogen (secondary N) is 1.